The fourth-order valence-corrected chi connectivity index (χ4v) is 2.79. The Balaban J connectivity index is 0.00000264. The molecule has 1 aromatic carbocycles. The van der Waals surface area contributed by atoms with E-state index in [0.29, 0.717) is 6.10 Å². The van der Waals surface area contributed by atoms with Crippen LogP contribution in [-0.4, -0.2) is 31.8 Å². The zero-order valence-electron chi connectivity index (χ0n) is 14.3. The number of benzene rings is 1. The third kappa shape index (κ3) is 7.08. The van der Waals surface area contributed by atoms with Crippen LogP contribution in [0.4, 0.5) is 0 Å². The molecule has 1 atom stereocenters. The maximum Gasteiger partial charge on any atom is 0.191 e. The van der Waals surface area contributed by atoms with Gasteiger partial charge in [-0.3, -0.25) is 0 Å². The van der Waals surface area contributed by atoms with Gasteiger partial charge in [0.05, 0.1) is 12.6 Å². The van der Waals surface area contributed by atoms with Crippen molar-refractivity contribution in [2.75, 3.05) is 19.7 Å². The lowest BCUT2D eigenvalue weighted by Gasteiger charge is -2.14. The highest BCUT2D eigenvalue weighted by Gasteiger charge is 2.14. The van der Waals surface area contributed by atoms with Crippen molar-refractivity contribution in [1.29, 1.82) is 0 Å². The van der Waals surface area contributed by atoms with Crippen LogP contribution in [0.1, 0.15) is 44.2 Å². The molecule has 1 saturated heterocycles. The van der Waals surface area contributed by atoms with Crippen molar-refractivity contribution in [3.05, 3.63) is 35.4 Å². The Morgan fingerprint density at radius 1 is 1.22 bits per heavy atom. The first-order chi connectivity index (χ1) is 10.8. The molecule has 2 rings (SSSR count). The van der Waals surface area contributed by atoms with Crippen LogP contribution < -0.4 is 10.6 Å². The second kappa shape index (κ2) is 11.7. The van der Waals surface area contributed by atoms with Crippen LogP contribution in [0.3, 0.4) is 0 Å². The molecule has 0 aromatic heterocycles. The summed E-state index contributed by atoms with van der Waals surface area (Å²) >= 11 is 0. The minimum atomic E-state index is 0. The maximum absolute atomic E-state index is 5.65. The van der Waals surface area contributed by atoms with Gasteiger partial charge in [-0.25, -0.2) is 4.99 Å². The molecule has 130 valence electrons. The molecule has 23 heavy (non-hydrogen) atoms. The summed E-state index contributed by atoms with van der Waals surface area (Å²) < 4.78 is 5.65. The molecule has 0 aliphatic carbocycles. The van der Waals surface area contributed by atoms with Crippen molar-refractivity contribution in [1.82, 2.24) is 10.6 Å². The molecule has 0 amide bonds. The minimum Gasteiger partial charge on any atom is -0.378 e. The van der Waals surface area contributed by atoms with E-state index in [1.807, 2.05) is 0 Å². The monoisotopic (exact) mass is 431 g/mol. The van der Waals surface area contributed by atoms with E-state index in [0.717, 1.165) is 45.0 Å². The summed E-state index contributed by atoms with van der Waals surface area (Å²) in [7, 11) is 0. The Bertz CT molecular complexity index is 473. The van der Waals surface area contributed by atoms with Crippen molar-refractivity contribution in [3.8, 4) is 0 Å². The summed E-state index contributed by atoms with van der Waals surface area (Å²) in [6.07, 6.45) is 4.92. The van der Waals surface area contributed by atoms with Gasteiger partial charge in [0, 0.05) is 19.7 Å². The topological polar surface area (TPSA) is 45.7 Å². The number of ether oxygens (including phenoxy) is 1. The number of rotatable bonds is 7. The first kappa shape index (κ1) is 20.2. The van der Waals surface area contributed by atoms with Crippen LogP contribution in [0, 0.1) is 0 Å². The van der Waals surface area contributed by atoms with E-state index in [9.17, 15) is 0 Å². The van der Waals surface area contributed by atoms with E-state index in [1.54, 1.807) is 0 Å². The van der Waals surface area contributed by atoms with Crippen molar-refractivity contribution in [2.45, 2.75) is 52.2 Å². The molecule has 5 heteroatoms. The Morgan fingerprint density at radius 2 is 2.00 bits per heavy atom. The van der Waals surface area contributed by atoms with Crippen LogP contribution >= 0.6 is 24.0 Å². The average Bonchev–Trinajstić information content (AvgIpc) is 3.06. The largest absolute Gasteiger partial charge is 0.378 e. The van der Waals surface area contributed by atoms with E-state index >= 15 is 0 Å². The molecule has 1 aliphatic heterocycles. The third-order valence-corrected chi connectivity index (χ3v) is 4.03. The molecule has 1 fully saturated rings. The van der Waals surface area contributed by atoms with Gasteiger partial charge in [0.1, 0.15) is 0 Å². The highest BCUT2D eigenvalue weighted by atomic mass is 127. The summed E-state index contributed by atoms with van der Waals surface area (Å²) in [5.41, 5.74) is 2.68. The Labute approximate surface area is 157 Å². The molecule has 1 aliphatic rings. The number of guanidine groups is 1. The number of nitrogens with zero attached hydrogens (tertiary/aromatic N) is 1. The summed E-state index contributed by atoms with van der Waals surface area (Å²) in [5.74, 6) is 0.895. The van der Waals surface area contributed by atoms with Gasteiger partial charge < -0.3 is 15.4 Å². The van der Waals surface area contributed by atoms with Crippen LogP contribution in [0.25, 0.3) is 0 Å². The molecule has 1 heterocycles. The van der Waals surface area contributed by atoms with Crippen molar-refractivity contribution < 1.29 is 4.74 Å². The standard InChI is InChI=1S/C18H29N3O.HI/c1-3-15-8-5-6-9-16(15)14-21-18(19-4-2)20-12-11-17-10-7-13-22-17;/h5-6,8-9,17H,3-4,7,10-14H2,1-2H3,(H2,19,20,21);1H. The second-order valence-corrected chi connectivity index (χ2v) is 5.67. The molecule has 0 bridgehead atoms. The van der Waals surface area contributed by atoms with Crippen molar-refractivity contribution >= 4 is 29.9 Å². The van der Waals surface area contributed by atoms with Gasteiger partial charge in [-0.15, -0.1) is 24.0 Å². The lowest BCUT2D eigenvalue weighted by atomic mass is 10.1. The van der Waals surface area contributed by atoms with E-state index in [4.69, 9.17) is 9.73 Å². The predicted octanol–water partition coefficient (Wildman–Crippen LogP) is 3.49. The molecule has 4 nitrogen and oxygen atoms in total. The van der Waals surface area contributed by atoms with E-state index in [1.165, 1.54) is 24.0 Å². The maximum atomic E-state index is 5.65. The highest BCUT2D eigenvalue weighted by Crippen LogP contribution is 2.14. The van der Waals surface area contributed by atoms with Crippen molar-refractivity contribution in [3.63, 3.8) is 0 Å². The van der Waals surface area contributed by atoms with Crippen molar-refractivity contribution in [2.24, 2.45) is 4.99 Å². The van der Waals surface area contributed by atoms with Crippen LogP contribution in [0.2, 0.25) is 0 Å². The van der Waals surface area contributed by atoms with Gasteiger partial charge >= 0.3 is 0 Å². The number of nitrogens with one attached hydrogen (secondary N) is 2. The summed E-state index contributed by atoms with van der Waals surface area (Å²) in [6.45, 7) is 7.71. The lowest BCUT2D eigenvalue weighted by Crippen LogP contribution is -2.38. The molecule has 2 N–H and O–H groups in total. The van der Waals surface area contributed by atoms with Gasteiger partial charge in [-0.2, -0.15) is 0 Å². The van der Waals surface area contributed by atoms with E-state index < -0.39 is 0 Å². The fourth-order valence-electron chi connectivity index (χ4n) is 2.79. The second-order valence-electron chi connectivity index (χ2n) is 5.67. The smallest absolute Gasteiger partial charge is 0.191 e. The van der Waals surface area contributed by atoms with Gasteiger partial charge in [-0.05, 0) is 43.7 Å². The summed E-state index contributed by atoms with van der Waals surface area (Å²) in [5, 5.41) is 6.73. The Kier molecular flexibility index (Phi) is 10.3. The molecular formula is C18H30IN3O. The van der Waals surface area contributed by atoms with Gasteiger partial charge in [-0.1, -0.05) is 31.2 Å². The first-order valence-corrected chi connectivity index (χ1v) is 8.54. The minimum absolute atomic E-state index is 0. The zero-order valence-corrected chi connectivity index (χ0v) is 16.6. The molecular weight excluding hydrogens is 401 g/mol. The number of hydrogen-bond acceptors (Lipinski definition) is 2. The van der Waals surface area contributed by atoms with Gasteiger partial charge in [0.2, 0.25) is 0 Å². The van der Waals surface area contributed by atoms with Crippen LogP contribution in [0.5, 0.6) is 0 Å². The number of halogens is 1. The Morgan fingerprint density at radius 3 is 2.65 bits per heavy atom. The third-order valence-electron chi connectivity index (χ3n) is 4.03. The van der Waals surface area contributed by atoms with Gasteiger partial charge in [0.15, 0.2) is 5.96 Å². The van der Waals surface area contributed by atoms with Crippen LogP contribution in [-0.2, 0) is 17.7 Å². The lowest BCUT2D eigenvalue weighted by molar-refractivity contribution is 0.105. The molecule has 0 saturated carbocycles. The molecule has 1 unspecified atom stereocenters. The normalized spacial score (nSPS) is 17.7. The average molecular weight is 431 g/mol. The Hall–Kier alpha value is -0.820. The first-order valence-electron chi connectivity index (χ1n) is 8.54. The molecule has 0 spiro atoms. The van der Waals surface area contributed by atoms with Crippen LogP contribution in [0.15, 0.2) is 29.3 Å². The number of aryl methyl sites for hydroxylation is 1. The predicted molar refractivity (Wildman–Crippen MR) is 108 cm³/mol. The highest BCUT2D eigenvalue weighted by molar-refractivity contribution is 14.0. The SMILES string of the molecule is CCNC(=NCc1ccccc1CC)NCCC1CCCO1.I. The zero-order chi connectivity index (χ0) is 15.6. The fraction of sp³-hybridized carbons (Fsp3) is 0.611. The molecule has 0 radical (unpaired) electrons. The summed E-state index contributed by atoms with van der Waals surface area (Å²) in [4.78, 5) is 4.71. The van der Waals surface area contributed by atoms with E-state index in [-0.39, 0.29) is 24.0 Å². The number of hydrogen-bond donors (Lipinski definition) is 2. The quantitative estimate of drug-likeness (QED) is 0.395. The number of aliphatic imine (C=N–C) groups is 1. The molecule has 1 aromatic rings. The van der Waals surface area contributed by atoms with Gasteiger partial charge in [0.25, 0.3) is 0 Å². The van der Waals surface area contributed by atoms with E-state index in [2.05, 4.69) is 48.7 Å². The summed E-state index contributed by atoms with van der Waals surface area (Å²) in [6, 6.07) is 8.53.